The lowest BCUT2D eigenvalue weighted by molar-refractivity contribution is -0.187. The third kappa shape index (κ3) is 5.18. The first kappa shape index (κ1) is 20.8. The molecule has 122 valence electrons. The molecule has 1 heterocycles. The van der Waals surface area contributed by atoms with Crippen LogP contribution in [0.2, 0.25) is 5.02 Å². The van der Waals surface area contributed by atoms with Crippen molar-refractivity contribution >= 4 is 36.4 Å². The Kier molecular flexibility index (Phi) is 8.36. The number of rotatable bonds is 2. The summed E-state index contributed by atoms with van der Waals surface area (Å²) < 4.78 is 40.0. The van der Waals surface area contributed by atoms with Crippen LogP contribution in [-0.2, 0) is 0 Å². The Morgan fingerprint density at radius 1 is 1.19 bits per heavy atom. The molecule has 0 bridgehead atoms. The molecule has 0 saturated carbocycles. The van der Waals surface area contributed by atoms with Gasteiger partial charge in [0.15, 0.2) is 0 Å². The van der Waals surface area contributed by atoms with Crippen molar-refractivity contribution in [1.82, 2.24) is 10.2 Å². The number of halogens is 6. The van der Waals surface area contributed by atoms with Crippen LogP contribution in [0.4, 0.5) is 13.2 Å². The van der Waals surface area contributed by atoms with Crippen LogP contribution >= 0.6 is 36.4 Å². The molecule has 0 radical (unpaired) electrons. The van der Waals surface area contributed by atoms with Crippen molar-refractivity contribution < 1.29 is 13.2 Å². The third-order valence-electron chi connectivity index (χ3n) is 3.34. The average molecular weight is 366 g/mol. The molecule has 0 amide bonds. The van der Waals surface area contributed by atoms with E-state index in [4.69, 9.17) is 11.6 Å². The molecule has 1 fully saturated rings. The van der Waals surface area contributed by atoms with Crippen LogP contribution in [0.25, 0.3) is 0 Å². The lowest BCUT2D eigenvalue weighted by Crippen LogP contribution is -2.49. The molecule has 2 rings (SSSR count). The highest BCUT2D eigenvalue weighted by Gasteiger charge is 2.44. The van der Waals surface area contributed by atoms with Crippen LogP contribution < -0.4 is 5.32 Å². The van der Waals surface area contributed by atoms with Crippen molar-refractivity contribution in [2.45, 2.75) is 19.1 Å². The highest BCUT2D eigenvalue weighted by atomic mass is 35.5. The summed E-state index contributed by atoms with van der Waals surface area (Å²) in [5.74, 6) is 0. The second-order valence-electron chi connectivity index (χ2n) is 4.74. The van der Waals surface area contributed by atoms with E-state index in [0.29, 0.717) is 31.2 Å². The Morgan fingerprint density at radius 2 is 1.76 bits per heavy atom. The maximum absolute atomic E-state index is 13.3. The molecule has 0 aliphatic carbocycles. The summed E-state index contributed by atoms with van der Waals surface area (Å²) >= 11 is 5.95. The molecule has 1 aliphatic heterocycles. The van der Waals surface area contributed by atoms with Gasteiger partial charge in [-0.3, -0.25) is 4.90 Å². The van der Waals surface area contributed by atoms with E-state index in [-0.39, 0.29) is 30.4 Å². The molecule has 1 aromatic carbocycles. The first-order chi connectivity index (χ1) is 8.89. The molecule has 0 spiro atoms. The molecule has 0 unspecified atom stereocenters. The second kappa shape index (κ2) is 8.44. The Hall–Kier alpha value is -0.200. The Balaban J connectivity index is 0.00000200. The zero-order valence-corrected chi connectivity index (χ0v) is 13.8. The average Bonchev–Trinajstić information content (AvgIpc) is 2.34. The number of nitrogens with one attached hydrogen (secondary N) is 1. The zero-order valence-electron chi connectivity index (χ0n) is 11.4. The number of piperazine rings is 1. The molecule has 0 aromatic heterocycles. The Morgan fingerprint density at radius 3 is 2.24 bits per heavy atom. The van der Waals surface area contributed by atoms with E-state index in [1.165, 1.54) is 17.0 Å². The van der Waals surface area contributed by atoms with E-state index in [0.717, 1.165) is 5.56 Å². The number of alkyl halides is 3. The summed E-state index contributed by atoms with van der Waals surface area (Å²) in [7, 11) is 0. The van der Waals surface area contributed by atoms with Gasteiger partial charge in [0.2, 0.25) is 0 Å². The molecule has 8 heteroatoms. The summed E-state index contributed by atoms with van der Waals surface area (Å²) in [4.78, 5) is 1.46. The molecular weight excluding hydrogens is 348 g/mol. The molecule has 21 heavy (non-hydrogen) atoms. The largest absolute Gasteiger partial charge is 0.408 e. The number of nitrogens with zero attached hydrogens (tertiary/aromatic N) is 1. The van der Waals surface area contributed by atoms with Gasteiger partial charge in [0.25, 0.3) is 0 Å². The predicted molar refractivity (Wildman–Crippen MR) is 83.9 cm³/mol. The minimum atomic E-state index is -4.30. The fraction of sp³-hybridized carbons (Fsp3) is 0.538. The number of hydrogen-bond donors (Lipinski definition) is 1. The number of aryl methyl sites for hydroxylation is 1. The van der Waals surface area contributed by atoms with Crippen molar-refractivity contribution in [1.29, 1.82) is 0 Å². The minimum absolute atomic E-state index is 0. The van der Waals surface area contributed by atoms with E-state index in [9.17, 15) is 13.2 Å². The Bertz CT molecular complexity index is 449. The highest BCUT2D eigenvalue weighted by molar-refractivity contribution is 6.31. The summed E-state index contributed by atoms with van der Waals surface area (Å²) in [5.41, 5.74) is 0.997. The van der Waals surface area contributed by atoms with Gasteiger partial charge in [-0.05, 0) is 24.1 Å². The lowest BCUT2D eigenvalue weighted by Gasteiger charge is -2.36. The normalized spacial score (nSPS) is 17.6. The van der Waals surface area contributed by atoms with Crippen LogP contribution in [0.1, 0.15) is 17.2 Å². The summed E-state index contributed by atoms with van der Waals surface area (Å²) in [5, 5.41) is 3.43. The summed E-state index contributed by atoms with van der Waals surface area (Å²) in [6, 6.07) is 3.00. The van der Waals surface area contributed by atoms with E-state index >= 15 is 0 Å². The number of benzene rings is 1. The van der Waals surface area contributed by atoms with Gasteiger partial charge in [0, 0.05) is 31.2 Å². The fourth-order valence-electron chi connectivity index (χ4n) is 2.33. The van der Waals surface area contributed by atoms with Gasteiger partial charge in [-0.25, -0.2) is 0 Å². The molecule has 2 nitrogen and oxygen atoms in total. The van der Waals surface area contributed by atoms with Gasteiger partial charge in [-0.2, -0.15) is 13.2 Å². The fourth-order valence-corrected chi connectivity index (χ4v) is 2.52. The van der Waals surface area contributed by atoms with Crippen molar-refractivity contribution in [3.8, 4) is 0 Å². The van der Waals surface area contributed by atoms with Gasteiger partial charge in [-0.15, -0.1) is 24.8 Å². The highest BCUT2D eigenvalue weighted by Crippen LogP contribution is 2.38. The maximum atomic E-state index is 13.3. The van der Waals surface area contributed by atoms with E-state index in [1.807, 2.05) is 0 Å². The van der Waals surface area contributed by atoms with Gasteiger partial charge in [0.05, 0.1) is 0 Å². The van der Waals surface area contributed by atoms with Gasteiger partial charge >= 0.3 is 6.18 Å². The standard InChI is InChI=1S/C13H16ClF3N2.2ClH/c1-9-2-3-10(8-11(9)14)12(13(15,16)17)19-6-4-18-5-7-19;;/h2-3,8,12,18H,4-7H2,1H3;2*1H/t12-;;/m1../s1. The van der Waals surface area contributed by atoms with E-state index in [2.05, 4.69) is 5.32 Å². The SMILES string of the molecule is Cc1ccc([C@@H](N2CCNCC2)C(F)(F)F)cc1Cl.Cl.Cl. The van der Waals surface area contributed by atoms with Crippen LogP contribution in [0.15, 0.2) is 18.2 Å². The Labute approximate surface area is 139 Å². The van der Waals surface area contributed by atoms with Gasteiger partial charge in [-0.1, -0.05) is 23.7 Å². The first-order valence-electron chi connectivity index (χ1n) is 6.17. The van der Waals surface area contributed by atoms with Crippen LogP contribution in [0, 0.1) is 6.92 Å². The van der Waals surface area contributed by atoms with Gasteiger partial charge < -0.3 is 5.32 Å². The van der Waals surface area contributed by atoms with Crippen molar-refractivity contribution in [2.75, 3.05) is 26.2 Å². The molecule has 1 N–H and O–H groups in total. The molecule has 1 aromatic rings. The topological polar surface area (TPSA) is 15.3 Å². The van der Waals surface area contributed by atoms with Crippen LogP contribution in [0.5, 0.6) is 0 Å². The summed E-state index contributed by atoms with van der Waals surface area (Å²) in [6.45, 7) is 3.70. The predicted octanol–water partition coefficient (Wildman–Crippen LogP) is 4.00. The second-order valence-corrected chi connectivity index (χ2v) is 5.15. The molecule has 1 aliphatic rings. The maximum Gasteiger partial charge on any atom is 0.408 e. The molecule has 1 atom stereocenters. The van der Waals surface area contributed by atoms with Crippen molar-refractivity contribution in [3.05, 3.63) is 34.3 Å². The van der Waals surface area contributed by atoms with E-state index in [1.54, 1.807) is 13.0 Å². The van der Waals surface area contributed by atoms with Crippen molar-refractivity contribution in [2.24, 2.45) is 0 Å². The smallest absolute Gasteiger partial charge is 0.314 e. The molecular formula is C13H18Cl3F3N2. The van der Waals surface area contributed by atoms with Crippen LogP contribution in [0.3, 0.4) is 0 Å². The van der Waals surface area contributed by atoms with Crippen molar-refractivity contribution in [3.63, 3.8) is 0 Å². The van der Waals surface area contributed by atoms with Gasteiger partial charge in [0.1, 0.15) is 6.04 Å². The van der Waals surface area contributed by atoms with Crippen LogP contribution in [-0.4, -0.2) is 37.3 Å². The van der Waals surface area contributed by atoms with E-state index < -0.39 is 12.2 Å². The molecule has 1 saturated heterocycles. The first-order valence-corrected chi connectivity index (χ1v) is 6.55. The third-order valence-corrected chi connectivity index (χ3v) is 3.75. The number of hydrogen-bond acceptors (Lipinski definition) is 2. The minimum Gasteiger partial charge on any atom is -0.314 e. The lowest BCUT2D eigenvalue weighted by atomic mass is 10.0. The monoisotopic (exact) mass is 364 g/mol. The zero-order chi connectivity index (χ0) is 14.0. The summed E-state index contributed by atoms with van der Waals surface area (Å²) in [6.07, 6.45) is -4.30. The quantitative estimate of drug-likeness (QED) is 0.852.